The van der Waals surface area contributed by atoms with E-state index in [-0.39, 0.29) is 5.91 Å². The minimum Gasteiger partial charge on any atom is -0.340 e. The molecule has 2 N–H and O–H groups in total. The summed E-state index contributed by atoms with van der Waals surface area (Å²) in [6.07, 6.45) is 5.09. The first-order valence-electron chi connectivity index (χ1n) is 7.33. The van der Waals surface area contributed by atoms with Crippen LogP contribution in [0.1, 0.15) is 37.3 Å². The van der Waals surface area contributed by atoms with Gasteiger partial charge in [-0.15, -0.1) is 0 Å². The van der Waals surface area contributed by atoms with E-state index in [1.54, 1.807) is 0 Å². The first-order chi connectivity index (χ1) is 9.24. The smallest absolute Gasteiger partial charge is 0.244 e. The number of benzene rings is 1. The summed E-state index contributed by atoms with van der Waals surface area (Å²) >= 11 is 0. The third-order valence-electron chi connectivity index (χ3n) is 4.09. The maximum atomic E-state index is 12.6. The highest BCUT2D eigenvalue weighted by Crippen LogP contribution is 2.34. The Balaban J connectivity index is 1.67. The van der Waals surface area contributed by atoms with Gasteiger partial charge in [0.05, 0.1) is 0 Å². The van der Waals surface area contributed by atoms with Crippen molar-refractivity contribution in [3.8, 4) is 0 Å². The van der Waals surface area contributed by atoms with E-state index in [1.165, 1.54) is 25.7 Å². The lowest BCUT2D eigenvalue weighted by Gasteiger charge is -2.26. The Morgan fingerprint density at radius 1 is 1.11 bits per heavy atom. The zero-order chi connectivity index (χ0) is 13.2. The molecule has 19 heavy (non-hydrogen) atoms. The third kappa shape index (κ3) is 3.35. The van der Waals surface area contributed by atoms with Crippen molar-refractivity contribution in [2.75, 3.05) is 13.1 Å². The van der Waals surface area contributed by atoms with Crippen LogP contribution in [0, 0.1) is 11.8 Å². The van der Waals surface area contributed by atoms with Gasteiger partial charge in [0.25, 0.3) is 0 Å². The van der Waals surface area contributed by atoms with E-state index in [1.807, 2.05) is 35.2 Å². The van der Waals surface area contributed by atoms with Crippen LogP contribution in [0.2, 0.25) is 0 Å². The Hall–Kier alpha value is -1.35. The second-order valence-electron chi connectivity index (χ2n) is 6.02. The first-order valence-corrected chi connectivity index (χ1v) is 7.33. The largest absolute Gasteiger partial charge is 0.340 e. The molecule has 2 saturated carbocycles. The van der Waals surface area contributed by atoms with Crippen molar-refractivity contribution < 1.29 is 4.79 Å². The Bertz CT molecular complexity index is 423. The van der Waals surface area contributed by atoms with E-state index in [0.717, 1.165) is 30.5 Å². The monoisotopic (exact) mass is 258 g/mol. The van der Waals surface area contributed by atoms with Crippen LogP contribution in [0.3, 0.4) is 0 Å². The maximum absolute atomic E-state index is 12.6. The van der Waals surface area contributed by atoms with Crippen molar-refractivity contribution in [2.24, 2.45) is 17.6 Å². The molecule has 0 aromatic heterocycles. The molecule has 3 heteroatoms. The van der Waals surface area contributed by atoms with E-state index in [2.05, 4.69) is 0 Å². The van der Waals surface area contributed by atoms with Crippen LogP contribution >= 0.6 is 0 Å². The summed E-state index contributed by atoms with van der Waals surface area (Å²) in [4.78, 5) is 14.6. The van der Waals surface area contributed by atoms with Crippen molar-refractivity contribution >= 4 is 5.91 Å². The lowest BCUT2D eigenvalue weighted by Crippen LogP contribution is -2.41. The molecule has 0 bridgehead atoms. The molecule has 102 valence electrons. The van der Waals surface area contributed by atoms with Crippen LogP contribution in [-0.4, -0.2) is 23.9 Å². The Morgan fingerprint density at radius 3 is 2.11 bits per heavy atom. The molecule has 2 aliphatic carbocycles. The number of hydrogen-bond donors (Lipinski definition) is 1. The normalized spacial score (nSPS) is 20.1. The van der Waals surface area contributed by atoms with Gasteiger partial charge in [0, 0.05) is 13.1 Å². The van der Waals surface area contributed by atoms with Crippen LogP contribution in [-0.2, 0) is 4.79 Å². The quantitative estimate of drug-likeness (QED) is 0.851. The van der Waals surface area contributed by atoms with E-state index in [9.17, 15) is 4.79 Å². The summed E-state index contributed by atoms with van der Waals surface area (Å²) in [5.41, 5.74) is 7.06. The molecule has 1 unspecified atom stereocenters. The number of amides is 1. The van der Waals surface area contributed by atoms with Gasteiger partial charge in [-0.3, -0.25) is 4.79 Å². The van der Waals surface area contributed by atoms with Crippen LogP contribution in [0.25, 0.3) is 0 Å². The van der Waals surface area contributed by atoms with Crippen LogP contribution in [0.15, 0.2) is 30.3 Å². The van der Waals surface area contributed by atoms with Crippen molar-refractivity contribution in [1.29, 1.82) is 0 Å². The highest BCUT2D eigenvalue weighted by Gasteiger charge is 2.33. The van der Waals surface area contributed by atoms with Gasteiger partial charge >= 0.3 is 0 Å². The van der Waals surface area contributed by atoms with Crippen molar-refractivity contribution in [3.63, 3.8) is 0 Å². The maximum Gasteiger partial charge on any atom is 0.244 e. The van der Waals surface area contributed by atoms with E-state index < -0.39 is 6.04 Å². The molecule has 0 spiro atoms. The lowest BCUT2D eigenvalue weighted by molar-refractivity contribution is -0.133. The van der Waals surface area contributed by atoms with Crippen molar-refractivity contribution in [2.45, 2.75) is 31.7 Å². The molecule has 1 aromatic rings. The van der Waals surface area contributed by atoms with Crippen LogP contribution in [0.5, 0.6) is 0 Å². The number of nitrogens with zero attached hydrogens (tertiary/aromatic N) is 1. The molecule has 1 amide bonds. The van der Waals surface area contributed by atoms with Gasteiger partial charge in [-0.05, 0) is 43.1 Å². The standard InChI is InChI=1S/C16H22N2O/c17-15(14-4-2-1-3-5-14)16(19)18(10-12-6-7-12)11-13-8-9-13/h1-5,12-13,15H,6-11,17H2. The minimum absolute atomic E-state index is 0.102. The number of nitrogens with two attached hydrogens (primary N) is 1. The Kier molecular flexibility index (Phi) is 3.56. The summed E-state index contributed by atoms with van der Waals surface area (Å²) in [5.74, 6) is 1.56. The van der Waals surface area contributed by atoms with Gasteiger partial charge in [0.2, 0.25) is 5.91 Å². The van der Waals surface area contributed by atoms with Crippen molar-refractivity contribution in [1.82, 2.24) is 4.90 Å². The zero-order valence-corrected chi connectivity index (χ0v) is 11.3. The second-order valence-corrected chi connectivity index (χ2v) is 6.02. The van der Waals surface area contributed by atoms with Gasteiger partial charge in [-0.25, -0.2) is 0 Å². The summed E-state index contributed by atoms with van der Waals surface area (Å²) in [6.45, 7) is 1.83. The molecule has 3 nitrogen and oxygen atoms in total. The molecule has 0 saturated heterocycles. The van der Waals surface area contributed by atoms with Gasteiger partial charge in [0.15, 0.2) is 0 Å². The molecule has 2 aliphatic rings. The molecule has 2 fully saturated rings. The average molecular weight is 258 g/mol. The SMILES string of the molecule is NC(C(=O)N(CC1CC1)CC1CC1)c1ccccc1. The summed E-state index contributed by atoms with van der Waals surface area (Å²) < 4.78 is 0. The van der Waals surface area contributed by atoms with Crippen LogP contribution in [0.4, 0.5) is 0 Å². The van der Waals surface area contributed by atoms with Crippen molar-refractivity contribution in [3.05, 3.63) is 35.9 Å². The molecular formula is C16H22N2O. The predicted octanol–water partition coefficient (Wildman–Crippen LogP) is 2.33. The fourth-order valence-electron chi connectivity index (χ4n) is 2.48. The predicted molar refractivity (Wildman–Crippen MR) is 75.4 cm³/mol. The third-order valence-corrected chi connectivity index (χ3v) is 4.09. The topological polar surface area (TPSA) is 46.3 Å². The highest BCUT2D eigenvalue weighted by molar-refractivity contribution is 5.83. The lowest BCUT2D eigenvalue weighted by atomic mass is 10.1. The average Bonchev–Trinajstić information content (AvgIpc) is 3.32. The molecular weight excluding hydrogens is 236 g/mol. The van der Waals surface area contributed by atoms with Gasteiger partial charge < -0.3 is 10.6 Å². The van der Waals surface area contributed by atoms with E-state index >= 15 is 0 Å². The van der Waals surface area contributed by atoms with Crippen LogP contribution < -0.4 is 5.73 Å². The number of carbonyl (C=O) groups is 1. The minimum atomic E-state index is -0.501. The fourth-order valence-corrected chi connectivity index (χ4v) is 2.48. The molecule has 0 heterocycles. The molecule has 1 aromatic carbocycles. The molecule has 1 atom stereocenters. The highest BCUT2D eigenvalue weighted by atomic mass is 16.2. The summed E-state index contributed by atoms with van der Waals surface area (Å²) in [7, 11) is 0. The van der Waals surface area contributed by atoms with E-state index in [4.69, 9.17) is 5.73 Å². The van der Waals surface area contributed by atoms with Gasteiger partial charge in [-0.1, -0.05) is 30.3 Å². The fraction of sp³-hybridized carbons (Fsp3) is 0.562. The molecule has 3 rings (SSSR count). The second kappa shape index (κ2) is 5.33. The molecule has 0 aliphatic heterocycles. The number of hydrogen-bond acceptors (Lipinski definition) is 2. The van der Waals surface area contributed by atoms with Gasteiger partial charge in [-0.2, -0.15) is 0 Å². The first kappa shape index (κ1) is 12.7. The summed E-state index contributed by atoms with van der Waals surface area (Å²) in [5, 5.41) is 0. The van der Waals surface area contributed by atoms with E-state index in [0.29, 0.717) is 0 Å². The zero-order valence-electron chi connectivity index (χ0n) is 11.3. The summed E-state index contributed by atoms with van der Waals surface area (Å²) in [6, 6.07) is 9.21. The molecule has 0 radical (unpaired) electrons. The number of rotatable bonds is 6. The Labute approximate surface area is 114 Å². The van der Waals surface area contributed by atoms with Gasteiger partial charge in [0.1, 0.15) is 6.04 Å². The number of carbonyl (C=O) groups excluding carboxylic acids is 1. The Morgan fingerprint density at radius 2 is 1.63 bits per heavy atom.